The second-order valence-electron chi connectivity index (χ2n) is 7.07. The predicted octanol–water partition coefficient (Wildman–Crippen LogP) is 4.18. The minimum absolute atomic E-state index is 0.152. The maximum absolute atomic E-state index is 12.5. The zero-order chi connectivity index (χ0) is 20.7. The highest BCUT2D eigenvalue weighted by Crippen LogP contribution is 2.30. The molecule has 0 saturated carbocycles. The molecule has 1 atom stereocenters. The number of methoxy groups -OCH3 is 1. The van der Waals surface area contributed by atoms with Crippen LogP contribution in [0.2, 0.25) is 0 Å². The zero-order valence-corrected chi connectivity index (χ0v) is 17.0. The third-order valence-electron chi connectivity index (χ3n) is 4.07. The molecule has 0 aliphatic rings. The van der Waals surface area contributed by atoms with Gasteiger partial charge in [-0.3, -0.25) is 9.59 Å². The summed E-state index contributed by atoms with van der Waals surface area (Å²) in [4.78, 5) is 23.6. The molecular weight excluding hydrogens is 356 g/mol. The highest BCUT2D eigenvalue weighted by molar-refractivity contribution is 5.95. The Kier molecular flexibility index (Phi) is 7.44. The standard InChI is InChI=1S/C22H28N2O4/c1-14(2)13-28-20-11-8-18(12-21(20)27-5)15(3)23-22(26)17-6-9-19(10-7-17)24-16(4)25/h6-12,14-15H,13H2,1-5H3,(H,23,26)(H,24,25)/t15-/m1/s1. The monoisotopic (exact) mass is 384 g/mol. The number of rotatable bonds is 8. The Morgan fingerprint density at radius 1 is 1.00 bits per heavy atom. The highest BCUT2D eigenvalue weighted by Gasteiger charge is 2.14. The predicted molar refractivity (Wildman–Crippen MR) is 110 cm³/mol. The van der Waals surface area contributed by atoms with Crippen molar-refractivity contribution in [3.63, 3.8) is 0 Å². The van der Waals surface area contributed by atoms with Crippen LogP contribution in [0.5, 0.6) is 11.5 Å². The number of ether oxygens (including phenoxy) is 2. The van der Waals surface area contributed by atoms with Gasteiger partial charge in [-0.05, 0) is 54.8 Å². The fourth-order valence-electron chi connectivity index (χ4n) is 2.60. The molecule has 2 aromatic carbocycles. The number of benzene rings is 2. The van der Waals surface area contributed by atoms with Crippen molar-refractivity contribution in [3.05, 3.63) is 53.6 Å². The molecule has 0 fully saturated rings. The lowest BCUT2D eigenvalue weighted by Gasteiger charge is -2.18. The number of hydrogen-bond acceptors (Lipinski definition) is 4. The molecule has 28 heavy (non-hydrogen) atoms. The molecule has 0 aromatic heterocycles. The van der Waals surface area contributed by atoms with E-state index in [0.717, 1.165) is 5.56 Å². The first-order valence-corrected chi connectivity index (χ1v) is 9.29. The Hall–Kier alpha value is -3.02. The van der Waals surface area contributed by atoms with Gasteiger partial charge in [0, 0.05) is 18.2 Å². The summed E-state index contributed by atoms with van der Waals surface area (Å²) in [5.41, 5.74) is 2.08. The van der Waals surface area contributed by atoms with Gasteiger partial charge in [0.25, 0.3) is 5.91 Å². The van der Waals surface area contributed by atoms with E-state index in [2.05, 4.69) is 24.5 Å². The van der Waals surface area contributed by atoms with E-state index >= 15 is 0 Å². The lowest BCUT2D eigenvalue weighted by molar-refractivity contribution is -0.114. The lowest BCUT2D eigenvalue weighted by atomic mass is 10.1. The average molecular weight is 384 g/mol. The van der Waals surface area contributed by atoms with Gasteiger partial charge < -0.3 is 20.1 Å². The van der Waals surface area contributed by atoms with Crippen molar-refractivity contribution in [1.82, 2.24) is 5.32 Å². The Morgan fingerprint density at radius 3 is 2.25 bits per heavy atom. The molecule has 2 N–H and O–H groups in total. The molecule has 0 saturated heterocycles. The summed E-state index contributed by atoms with van der Waals surface area (Å²) in [6.07, 6.45) is 0. The van der Waals surface area contributed by atoms with Gasteiger partial charge in [0.2, 0.25) is 5.91 Å². The van der Waals surface area contributed by atoms with Gasteiger partial charge in [0.1, 0.15) is 0 Å². The third kappa shape index (κ3) is 6.01. The Bertz CT molecular complexity index is 816. The SMILES string of the molecule is COc1cc([C@@H](C)NC(=O)c2ccc(NC(C)=O)cc2)ccc1OCC(C)C. The summed E-state index contributed by atoms with van der Waals surface area (Å²) in [6.45, 7) is 8.13. The summed E-state index contributed by atoms with van der Waals surface area (Å²) < 4.78 is 11.2. The minimum atomic E-state index is -0.212. The summed E-state index contributed by atoms with van der Waals surface area (Å²) in [7, 11) is 1.60. The lowest BCUT2D eigenvalue weighted by Crippen LogP contribution is -2.26. The van der Waals surface area contributed by atoms with Crippen LogP contribution in [-0.2, 0) is 4.79 Å². The molecule has 0 radical (unpaired) electrons. The molecule has 150 valence electrons. The number of carbonyl (C=O) groups excluding carboxylic acids is 2. The van der Waals surface area contributed by atoms with E-state index in [1.807, 2.05) is 25.1 Å². The van der Waals surface area contributed by atoms with Gasteiger partial charge in [0.05, 0.1) is 19.8 Å². The smallest absolute Gasteiger partial charge is 0.251 e. The van der Waals surface area contributed by atoms with Gasteiger partial charge in [-0.2, -0.15) is 0 Å². The second-order valence-corrected chi connectivity index (χ2v) is 7.07. The fraction of sp³-hybridized carbons (Fsp3) is 0.364. The van der Waals surface area contributed by atoms with Crippen molar-refractivity contribution < 1.29 is 19.1 Å². The van der Waals surface area contributed by atoms with E-state index in [1.54, 1.807) is 31.4 Å². The Morgan fingerprint density at radius 2 is 1.68 bits per heavy atom. The van der Waals surface area contributed by atoms with Crippen LogP contribution in [-0.4, -0.2) is 25.5 Å². The molecular formula is C22H28N2O4. The normalized spacial score (nSPS) is 11.6. The number of anilines is 1. The van der Waals surface area contributed by atoms with Crippen molar-refractivity contribution in [2.75, 3.05) is 19.0 Å². The molecule has 2 amide bonds. The summed E-state index contributed by atoms with van der Waals surface area (Å²) >= 11 is 0. The number of nitrogens with one attached hydrogen (secondary N) is 2. The zero-order valence-electron chi connectivity index (χ0n) is 17.0. The first-order valence-electron chi connectivity index (χ1n) is 9.29. The molecule has 6 nitrogen and oxygen atoms in total. The van der Waals surface area contributed by atoms with Crippen LogP contribution in [0.4, 0.5) is 5.69 Å². The maximum atomic E-state index is 12.5. The van der Waals surface area contributed by atoms with Gasteiger partial charge in [0.15, 0.2) is 11.5 Å². The maximum Gasteiger partial charge on any atom is 0.251 e. The van der Waals surface area contributed by atoms with Crippen molar-refractivity contribution >= 4 is 17.5 Å². The summed E-state index contributed by atoms with van der Waals surface area (Å²) in [5.74, 6) is 1.40. The first kappa shape index (κ1) is 21.3. The van der Waals surface area contributed by atoms with Crippen LogP contribution in [0.15, 0.2) is 42.5 Å². The molecule has 2 aromatic rings. The molecule has 0 bridgehead atoms. The summed E-state index contributed by atoms with van der Waals surface area (Å²) in [5, 5.41) is 5.65. The second kappa shape index (κ2) is 9.78. The average Bonchev–Trinajstić information content (AvgIpc) is 2.66. The van der Waals surface area contributed by atoms with Crippen LogP contribution >= 0.6 is 0 Å². The summed E-state index contributed by atoms with van der Waals surface area (Å²) in [6, 6.07) is 12.2. The Labute approximate surface area is 166 Å². The molecule has 0 unspecified atom stereocenters. The van der Waals surface area contributed by atoms with Gasteiger partial charge >= 0.3 is 0 Å². The molecule has 2 rings (SSSR count). The van der Waals surface area contributed by atoms with Crippen LogP contribution in [0, 0.1) is 5.92 Å². The van der Waals surface area contributed by atoms with E-state index in [4.69, 9.17) is 9.47 Å². The van der Waals surface area contributed by atoms with Crippen molar-refractivity contribution in [3.8, 4) is 11.5 Å². The van der Waals surface area contributed by atoms with Gasteiger partial charge in [-0.15, -0.1) is 0 Å². The molecule has 0 heterocycles. The van der Waals surface area contributed by atoms with Gasteiger partial charge in [-0.1, -0.05) is 19.9 Å². The fourth-order valence-corrected chi connectivity index (χ4v) is 2.60. The number of carbonyl (C=O) groups is 2. The van der Waals surface area contributed by atoms with Crippen LogP contribution in [0.3, 0.4) is 0 Å². The first-order chi connectivity index (χ1) is 13.3. The van der Waals surface area contributed by atoms with Gasteiger partial charge in [-0.25, -0.2) is 0 Å². The number of amides is 2. The van der Waals surface area contributed by atoms with Crippen molar-refractivity contribution in [2.45, 2.75) is 33.7 Å². The van der Waals surface area contributed by atoms with Crippen LogP contribution in [0.25, 0.3) is 0 Å². The van der Waals surface area contributed by atoms with Crippen LogP contribution < -0.4 is 20.1 Å². The van der Waals surface area contributed by atoms with Crippen molar-refractivity contribution in [2.24, 2.45) is 5.92 Å². The highest BCUT2D eigenvalue weighted by atomic mass is 16.5. The molecule has 6 heteroatoms. The van der Waals surface area contributed by atoms with E-state index in [1.165, 1.54) is 6.92 Å². The quantitative estimate of drug-likeness (QED) is 0.716. The minimum Gasteiger partial charge on any atom is -0.493 e. The van der Waals surface area contributed by atoms with E-state index in [9.17, 15) is 9.59 Å². The van der Waals surface area contributed by atoms with E-state index in [0.29, 0.717) is 35.3 Å². The van der Waals surface area contributed by atoms with E-state index < -0.39 is 0 Å². The largest absolute Gasteiger partial charge is 0.493 e. The molecule has 0 aliphatic carbocycles. The number of hydrogen-bond donors (Lipinski definition) is 2. The Balaban J connectivity index is 2.05. The topological polar surface area (TPSA) is 76.7 Å². The third-order valence-corrected chi connectivity index (χ3v) is 4.07. The van der Waals surface area contributed by atoms with Crippen LogP contribution in [0.1, 0.15) is 49.7 Å². The van der Waals surface area contributed by atoms with E-state index in [-0.39, 0.29) is 17.9 Å². The molecule has 0 aliphatic heterocycles. The molecule has 0 spiro atoms. The van der Waals surface area contributed by atoms with Crippen molar-refractivity contribution in [1.29, 1.82) is 0 Å².